The van der Waals surface area contributed by atoms with E-state index in [1.165, 1.54) is 16.7 Å². The van der Waals surface area contributed by atoms with Crippen molar-refractivity contribution in [3.8, 4) is 0 Å². The first-order valence-electron chi connectivity index (χ1n) is 6.22. The van der Waals surface area contributed by atoms with Gasteiger partial charge in [0.25, 0.3) is 0 Å². The first kappa shape index (κ1) is 13.6. The summed E-state index contributed by atoms with van der Waals surface area (Å²) in [5, 5.41) is 3.40. The summed E-state index contributed by atoms with van der Waals surface area (Å²) in [4.78, 5) is 0.409. The molecule has 3 N–H and O–H groups in total. The van der Waals surface area contributed by atoms with Crippen LogP contribution in [-0.2, 0) is 0 Å². The lowest BCUT2D eigenvalue weighted by Crippen LogP contribution is -2.12. The lowest BCUT2D eigenvalue weighted by atomic mass is 10.1. The fourth-order valence-electron chi connectivity index (χ4n) is 1.95. The minimum atomic E-state index is 0.409. The highest BCUT2D eigenvalue weighted by Gasteiger charge is 2.06. The Hall–Kier alpha value is -1.87. The zero-order chi connectivity index (χ0) is 14.0. The van der Waals surface area contributed by atoms with Crippen molar-refractivity contribution in [2.24, 2.45) is 5.73 Å². The molecule has 0 aliphatic rings. The van der Waals surface area contributed by atoms with Gasteiger partial charge in [-0.3, -0.25) is 0 Å². The van der Waals surface area contributed by atoms with E-state index >= 15 is 0 Å². The highest BCUT2D eigenvalue weighted by atomic mass is 32.1. The molecule has 0 atom stereocenters. The molecule has 0 aromatic heterocycles. The lowest BCUT2D eigenvalue weighted by Gasteiger charge is -2.13. The number of nitrogens with two attached hydrogens (primary N) is 1. The summed E-state index contributed by atoms with van der Waals surface area (Å²) in [6.07, 6.45) is 0. The number of anilines is 2. The van der Waals surface area contributed by atoms with Gasteiger partial charge >= 0.3 is 0 Å². The van der Waals surface area contributed by atoms with Gasteiger partial charge in [-0.25, -0.2) is 0 Å². The molecule has 0 saturated carbocycles. The fourth-order valence-corrected chi connectivity index (χ4v) is 2.13. The quantitative estimate of drug-likeness (QED) is 0.828. The van der Waals surface area contributed by atoms with Crippen molar-refractivity contribution in [2.45, 2.75) is 20.8 Å². The minimum Gasteiger partial charge on any atom is -0.389 e. The number of nitrogens with one attached hydrogen (secondary N) is 1. The van der Waals surface area contributed by atoms with Gasteiger partial charge in [0.05, 0.1) is 0 Å². The predicted molar refractivity (Wildman–Crippen MR) is 86.3 cm³/mol. The molecule has 0 amide bonds. The smallest absolute Gasteiger partial charge is 0.106 e. The molecular formula is C16H18N2S. The Balaban J connectivity index is 2.39. The number of rotatable bonds is 3. The van der Waals surface area contributed by atoms with Crippen molar-refractivity contribution >= 4 is 28.6 Å². The molecule has 0 unspecified atom stereocenters. The van der Waals surface area contributed by atoms with Crippen LogP contribution in [0.25, 0.3) is 0 Å². The molecule has 2 aromatic carbocycles. The van der Waals surface area contributed by atoms with E-state index in [2.05, 4.69) is 50.4 Å². The molecule has 2 rings (SSSR count). The fraction of sp³-hybridized carbons (Fsp3) is 0.188. The third-order valence-electron chi connectivity index (χ3n) is 3.23. The summed E-state index contributed by atoms with van der Waals surface area (Å²) in [7, 11) is 0. The molecule has 98 valence electrons. The summed E-state index contributed by atoms with van der Waals surface area (Å²) in [6.45, 7) is 6.26. The number of aryl methyl sites for hydroxylation is 3. The van der Waals surface area contributed by atoms with Crippen molar-refractivity contribution in [2.75, 3.05) is 5.32 Å². The summed E-state index contributed by atoms with van der Waals surface area (Å²) < 4.78 is 0. The van der Waals surface area contributed by atoms with E-state index in [0.29, 0.717) is 4.99 Å². The molecule has 0 aliphatic carbocycles. The van der Waals surface area contributed by atoms with Gasteiger partial charge in [-0.2, -0.15) is 0 Å². The normalized spacial score (nSPS) is 10.3. The first-order valence-corrected chi connectivity index (χ1v) is 6.63. The van der Waals surface area contributed by atoms with E-state index in [4.69, 9.17) is 18.0 Å². The van der Waals surface area contributed by atoms with Crippen LogP contribution in [0.3, 0.4) is 0 Å². The molecule has 3 heteroatoms. The predicted octanol–water partition coefficient (Wildman–Crippen LogP) is 3.99. The van der Waals surface area contributed by atoms with Crippen LogP contribution in [0.1, 0.15) is 22.3 Å². The zero-order valence-corrected chi connectivity index (χ0v) is 12.3. The van der Waals surface area contributed by atoms with Gasteiger partial charge in [0.1, 0.15) is 4.99 Å². The molecule has 2 nitrogen and oxygen atoms in total. The molecule has 0 radical (unpaired) electrons. The molecule has 0 spiro atoms. The molecule has 0 bridgehead atoms. The monoisotopic (exact) mass is 270 g/mol. The molecule has 0 fully saturated rings. The van der Waals surface area contributed by atoms with Crippen LogP contribution in [0, 0.1) is 20.8 Å². The third-order valence-corrected chi connectivity index (χ3v) is 3.45. The van der Waals surface area contributed by atoms with E-state index in [0.717, 1.165) is 16.9 Å². The Morgan fingerprint density at radius 2 is 1.74 bits per heavy atom. The average Bonchev–Trinajstić information content (AvgIpc) is 2.33. The van der Waals surface area contributed by atoms with Crippen molar-refractivity contribution in [1.29, 1.82) is 0 Å². The zero-order valence-electron chi connectivity index (χ0n) is 11.4. The molecule has 2 aromatic rings. The van der Waals surface area contributed by atoms with Crippen LogP contribution in [-0.4, -0.2) is 4.99 Å². The highest BCUT2D eigenvalue weighted by molar-refractivity contribution is 7.80. The van der Waals surface area contributed by atoms with Crippen molar-refractivity contribution < 1.29 is 0 Å². The maximum atomic E-state index is 5.76. The summed E-state index contributed by atoms with van der Waals surface area (Å²) >= 11 is 5.09. The molecule has 0 heterocycles. The number of benzene rings is 2. The number of hydrogen-bond acceptors (Lipinski definition) is 2. The van der Waals surface area contributed by atoms with E-state index in [1.807, 2.05) is 12.1 Å². The van der Waals surface area contributed by atoms with Crippen molar-refractivity contribution in [1.82, 2.24) is 0 Å². The SMILES string of the molecule is Cc1ccc(C(N)=S)c(Nc2ccc(C)c(C)c2)c1. The molecular weight excluding hydrogens is 252 g/mol. The first-order chi connectivity index (χ1) is 8.97. The van der Waals surface area contributed by atoms with E-state index < -0.39 is 0 Å². The summed E-state index contributed by atoms with van der Waals surface area (Å²) in [5.41, 5.74) is 12.4. The van der Waals surface area contributed by atoms with Gasteiger partial charge in [0.2, 0.25) is 0 Å². The Labute approximate surface area is 119 Å². The van der Waals surface area contributed by atoms with Crippen LogP contribution in [0.15, 0.2) is 36.4 Å². The van der Waals surface area contributed by atoms with Gasteiger partial charge in [-0.15, -0.1) is 0 Å². The molecule has 0 saturated heterocycles. The van der Waals surface area contributed by atoms with Crippen LogP contribution >= 0.6 is 12.2 Å². The standard InChI is InChI=1S/C16H18N2S/c1-10-4-7-14(16(17)19)15(8-10)18-13-6-5-11(2)12(3)9-13/h4-9,18H,1-3H3,(H2,17,19). The number of thiocarbonyl (C=S) groups is 1. The van der Waals surface area contributed by atoms with Crippen LogP contribution < -0.4 is 11.1 Å². The summed E-state index contributed by atoms with van der Waals surface area (Å²) in [5.74, 6) is 0. The third kappa shape index (κ3) is 3.12. The largest absolute Gasteiger partial charge is 0.389 e. The van der Waals surface area contributed by atoms with Gasteiger partial charge < -0.3 is 11.1 Å². The second-order valence-electron chi connectivity index (χ2n) is 4.84. The van der Waals surface area contributed by atoms with Gasteiger partial charge in [0.15, 0.2) is 0 Å². The van der Waals surface area contributed by atoms with Gasteiger partial charge in [-0.05, 0) is 61.7 Å². The second kappa shape index (κ2) is 5.41. The van der Waals surface area contributed by atoms with Crippen LogP contribution in [0.2, 0.25) is 0 Å². The van der Waals surface area contributed by atoms with Gasteiger partial charge in [0, 0.05) is 16.9 Å². The Kier molecular flexibility index (Phi) is 3.86. The Morgan fingerprint density at radius 1 is 1.00 bits per heavy atom. The Morgan fingerprint density at radius 3 is 2.37 bits per heavy atom. The van der Waals surface area contributed by atoms with Crippen molar-refractivity contribution in [3.63, 3.8) is 0 Å². The van der Waals surface area contributed by atoms with Crippen LogP contribution in [0.4, 0.5) is 11.4 Å². The minimum absolute atomic E-state index is 0.409. The van der Waals surface area contributed by atoms with E-state index in [9.17, 15) is 0 Å². The van der Waals surface area contributed by atoms with Gasteiger partial charge in [-0.1, -0.05) is 24.4 Å². The van der Waals surface area contributed by atoms with Crippen molar-refractivity contribution in [3.05, 3.63) is 58.7 Å². The topological polar surface area (TPSA) is 38.0 Å². The number of hydrogen-bond donors (Lipinski definition) is 2. The maximum absolute atomic E-state index is 5.76. The second-order valence-corrected chi connectivity index (χ2v) is 5.28. The maximum Gasteiger partial charge on any atom is 0.106 e. The van der Waals surface area contributed by atoms with Crippen LogP contribution in [0.5, 0.6) is 0 Å². The Bertz CT molecular complexity index is 633. The summed E-state index contributed by atoms with van der Waals surface area (Å²) in [6, 6.07) is 12.3. The van der Waals surface area contributed by atoms with E-state index in [1.54, 1.807) is 0 Å². The lowest BCUT2D eigenvalue weighted by molar-refractivity contribution is 1.33. The molecule has 0 aliphatic heterocycles. The van der Waals surface area contributed by atoms with E-state index in [-0.39, 0.29) is 0 Å². The highest BCUT2D eigenvalue weighted by Crippen LogP contribution is 2.24. The average molecular weight is 270 g/mol. The molecule has 19 heavy (non-hydrogen) atoms.